The molecule has 0 radical (unpaired) electrons. The first-order valence-electron chi connectivity index (χ1n) is 6.82. The van der Waals surface area contributed by atoms with Crippen LogP contribution >= 0.6 is 34.8 Å². The zero-order chi connectivity index (χ0) is 17.3. The van der Waals surface area contributed by atoms with Gasteiger partial charge in [-0.15, -0.1) is 0 Å². The molecule has 0 aliphatic heterocycles. The lowest BCUT2D eigenvalue weighted by molar-refractivity contribution is 0.0996. The van der Waals surface area contributed by atoms with Crippen molar-refractivity contribution in [2.24, 2.45) is 5.73 Å². The van der Waals surface area contributed by atoms with Gasteiger partial charge < -0.3 is 11.1 Å². The van der Waals surface area contributed by atoms with E-state index < -0.39 is 5.91 Å². The molecule has 0 aliphatic carbocycles. The van der Waals surface area contributed by atoms with E-state index in [-0.39, 0.29) is 5.69 Å². The summed E-state index contributed by atoms with van der Waals surface area (Å²) in [6.07, 6.45) is 1.60. The fourth-order valence-corrected chi connectivity index (χ4v) is 2.86. The lowest BCUT2D eigenvalue weighted by atomic mass is 10.3. The van der Waals surface area contributed by atoms with Crippen molar-refractivity contribution >= 4 is 52.1 Å². The van der Waals surface area contributed by atoms with Crippen LogP contribution in [0.1, 0.15) is 10.5 Å². The van der Waals surface area contributed by atoms with Gasteiger partial charge in [0.05, 0.1) is 21.9 Å². The number of nitrogens with two attached hydrogens (primary N) is 1. The Morgan fingerprint density at radius 2 is 1.67 bits per heavy atom. The van der Waals surface area contributed by atoms with Crippen LogP contribution in [0.25, 0.3) is 5.69 Å². The number of hydrogen-bond acceptors (Lipinski definition) is 3. The Morgan fingerprint density at radius 1 is 1.04 bits per heavy atom. The molecule has 0 saturated carbocycles. The second-order valence-corrected chi connectivity index (χ2v) is 6.15. The third-order valence-corrected chi connectivity index (χ3v) is 4.10. The first kappa shape index (κ1) is 16.6. The van der Waals surface area contributed by atoms with E-state index in [2.05, 4.69) is 10.4 Å². The molecule has 122 valence electrons. The van der Waals surface area contributed by atoms with Gasteiger partial charge in [0.2, 0.25) is 0 Å². The molecular formula is C16H11Cl3N4O. The van der Waals surface area contributed by atoms with Crippen molar-refractivity contribution < 1.29 is 4.79 Å². The Balaban J connectivity index is 2.05. The third kappa shape index (κ3) is 3.33. The van der Waals surface area contributed by atoms with Gasteiger partial charge in [0, 0.05) is 10.7 Å². The smallest absolute Gasteiger partial charge is 0.271 e. The predicted molar refractivity (Wildman–Crippen MR) is 96.8 cm³/mol. The maximum atomic E-state index is 11.7. The molecule has 0 spiro atoms. The quantitative estimate of drug-likeness (QED) is 0.689. The summed E-state index contributed by atoms with van der Waals surface area (Å²) in [7, 11) is 0. The molecule has 5 nitrogen and oxygen atoms in total. The van der Waals surface area contributed by atoms with Gasteiger partial charge in [-0.3, -0.25) is 4.79 Å². The number of carbonyl (C=O) groups excluding carboxylic acids is 1. The van der Waals surface area contributed by atoms with E-state index in [1.807, 2.05) is 0 Å². The van der Waals surface area contributed by atoms with Gasteiger partial charge in [0.25, 0.3) is 5.91 Å². The van der Waals surface area contributed by atoms with Crippen LogP contribution in [0.4, 0.5) is 11.4 Å². The van der Waals surface area contributed by atoms with E-state index in [0.29, 0.717) is 26.4 Å². The van der Waals surface area contributed by atoms with Crippen LogP contribution in [0.2, 0.25) is 15.1 Å². The molecule has 3 aromatic rings. The van der Waals surface area contributed by atoms with Crippen LogP contribution in [0.5, 0.6) is 0 Å². The van der Waals surface area contributed by atoms with Gasteiger partial charge >= 0.3 is 0 Å². The number of para-hydroxylation sites is 1. The average molecular weight is 382 g/mol. The number of carbonyl (C=O) groups is 1. The van der Waals surface area contributed by atoms with E-state index in [4.69, 9.17) is 40.5 Å². The van der Waals surface area contributed by atoms with Crippen molar-refractivity contribution in [2.75, 3.05) is 5.32 Å². The molecule has 0 bridgehead atoms. The first-order valence-corrected chi connectivity index (χ1v) is 7.95. The Morgan fingerprint density at radius 3 is 2.25 bits per heavy atom. The number of primary amides is 1. The number of nitrogens with one attached hydrogen (secondary N) is 1. The number of aromatic nitrogens is 2. The van der Waals surface area contributed by atoms with E-state index >= 15 is 0 Å². The van der Waals surface area contributed by atoms with E-state index in [0.717, 1.165) is 5.69 Å². The fraction of sp³-hybridized carbons (Fsp3) is 0. The lowest BCUT2D eigenvalue weighted by Crippen LogP contribution is -2.14. The average Bonchev–Trinajstić information content (AvgIpc) is 2.93. The van der Waals surface area contributed by atoms with Crippen molar-refractivity contribution in [3.63, 3.8) is 0 Å². The number of hydrogen-bond donors (Lipinski definition) is 2. The SMILES string of the molecule is NC(=O)c1nn(-c2c(Cl)cccc2Cl)cc1Nc1ccc(Cl)cc1. The van der Waals surface area contributed by atoms with Crippen molar-refractivity contribution in [3.8, 4) is 5.69 Å². The van der Waals surface area contributed by atoms with Crippen LogP contribution < -0.4 is 11.1 Å². The minimum atomic E-state index is -0.673. The Kier molecular flexibility index (Phi) is 4.66. The fourth-order valence-electron chi connectivity index (χ4n) is 2.16. The molecule has 8 heteroatoms. The topological polar surface area (TPSA) is 72.9 Å². The summed E-state index contributed by atoms with van der Waals surface area (Å²) in [5.74, 6) is -0.673. The first-order chi connectivity index (χ1) is 11.5. The van der Waals surface area contributed by atoms with E-state index in [9.17, 15) is 4.79 Å². The zero-order valence-corrected chi connectivity index (χ0v) is 14.4. The largest absolute Gasteiger partial charge is 0.364 e. The number of benzene rings is 2. The summed E-state index contributed by atoms with van der Waals surface area (Å²) in [6, 6.07) is 12.1. The van der Waals surface area contributed by atoms with E-state index in [1.54, 1.807) is 48.7 Å². The summed E-state index contributed by atoms with van der Waals surface area (Å²) in [5.41, 5.74) is 7.11. The molecule has 0 unspecified atom stereocenters. The normalized spacial score (nSPS) is 10.6. The summed E-state index contributed by atoms with van der Waals surface area (Å²) in [5, 5.41) is 8.69. The molecule has 1 amide bonds. The number of halogens is 3. The highest BCUT2D eigenvalue weighted by Gasteiger charge is 2.18. The van der Waals surface area contributed by atoms with Crippen molar-refractivity contribution in [1.82, 2.24) is 9.78 Å². The molecule has 1 heterocycles. The molecular weight excluding hydrogens is 371 g/mol. The minimum Gasteiger partial charge on any atom is -0.364 e. The van der Waals surface area contributed by atoms with Gasteiger partial charge in [0.15, 0.2) is 5.69 Å². The van der Waals surface area contributed by atoms with Crippen molar-refractivity contribution in [3.05, 3.63) is 69.4 Å². The molecule has 3 rings (SSSR count). The molecule has 3 N–H and O–H groups in total. The van der Waals surface area contributed by atoms with Gasteiger partial charge in [-0.1, -0.05) is 40.9 Å². The van der Waals surface area contributed by atoms with Gasteiger partial charge in [0.1, 0.15) is 5.69 Å². The highest BCUT2D eigenvalue weighted by atomic mass is 35.5. The van der Waals surface area contributed by atoms with Crippen LogP contribution in [0.3, 0.4) is 0 Å². The summed E-state index contributed by atoms with van der Waals surface area (Å²) in [6.45, 7) is 0. The van der Waals surface area contributed by atoms with Gasteiger partial charge in [-0.05, 0) is 36.4 Å². The highest BCUT2D eigenvalue weighted by Crippen LogP contribution is 2.30. The monoisotopic (exact) mass is 380 g/mol. The summed E-state index contributed by atoms with van der Waals surface area (Å²) < 4.78 is 1.42. The number of anilines is 2. The van der Waals surface area contributed by atoms with Gasteiger partial charge in [-0.2, -0.15) is 5.10 Å². The third-order valence-electron chi connectivity index (χ3n) is 3.24. The van der Waals surface area contributed by atoms with E-state index in [1.165, 1.54) is 4.68 Å². The number of rotatable bonds is 4. The Labute approximate surface area is 152 Å². The number of nitrogens with zero attached hydrogens (tertiary/aromatic N) is 2. The van der Waals surface area contributed by atoms with Crippen LogP contribution in [-0.4, -0.2) is 15.7 Å². The maximum Gasteiger partial charge on any atom is 0.271 e. The molecule has 0 saturated heterocycles. The highest BCUT2D eigenvalue weighted by molar-refractivity contribution is 6.37. The molecule has 1 aromatic heterocycles. The lowest BCUT2D eigenvalue weighted by Gasteiger charge is -2.06. The van der Waals surface area contributed by atoms with Crippen molar-refractivity contribution in [2.45, 2.75) is 0 Å². The summed E-state index contributed by atoms with van der Waals surface area (Å²) in [4.78, 5) is 11.7. The van der Waals surface area contributed by atoms with Crippen molar-refractivity contribution in [1.29, 1.82) is 0 Å². The Hall–Kier alpha value is -2.21. The predicted octanol–water partition coefficient (Wildman–Crippen LogP) is 4.68. The molecule has 24 heavy (non-hydrogen) atoms. The van der Waals surface area contributed by atoms with Crippen LogP contribution in [-0.2, 0) is 0 Å². The second-order valence-electron chi connectivity index (χ2n) is 4.90. The number of amides is 1. The second kappa shape index (κ2) is 6.73. The minimum absolute atomic E-state index is 0.0703. The maximum absolute atomic E-state index is 11.7. The zero-order valence-electron chi connectivity index (χ0n) is 12.1. The van der Waals surface area contributed by atoms with Crippen LogP contribution in [0.15, 0.2) is 48.7 Å². The molecule has 2 aromatic carbocycles. The molecule has 0 aliphatic rings. The van der Waals surface area contributed by atoms with Gasteiger partial charge in [-0.25, -0.2) is 4.68 Å². The molecule has 0 atom stereocenters. The molecule has 0 fully saturated rings. The standard InChI is InChI=1S/C16H11Cl3N4O/c17-9-4-6-10(7-5-9)21-13-8-23(22-14(13)16(20)24)15-11(18)2-1-3-12(15)19/h1-8,21H,(H2,20,24). The Bertz CT molecular complexity index is 886. The summed E-state index contributed by atoms with van der Waals surface area (Å²) >= 11 is 18.2. The van der Waals surface area contributed by atoms with Crippen LogP contribution in [0, 0.1) is 0 Å².